The third-order valence-corrected chi connectivity index (χ3v) is 7.88. The lowest BCUT2D eigenvalue weighted by molar-refractivity contribution is 0.435. The van der Waals surface area contributed by atoms with Crippen molar-refractivity contribution in [1.82, 2.24) is 0 Å². The molecule has 1 N–H and O–H groups in total. The fourth-order valence-electron chi connectivity index (χ4n) is 5.53. The molecule has 1 aliphatic rings. The Morgan fingerprint density at radius 3 is 1.66 bits per heavy atom. The van der Waals surface area contributed by atoms with Gasteiger partial charge in [0.15, 0.2) is 0 Å². The third-order valence-electron chi connectivity index (χ3n) is 7.54. The maximum Gasteiger partial charge on any atom is 0.117 e. The molecular weight excluding hydrogens is 412 g/mol. The van der Waals surface area contributed by atoms with Crippen LogP contribution in [0.4, 0.5) is 0 Å². The smallest absolute Gasteiger partial charge is 0.117 e. The highest BCUT2D eigenvalue weighted by Crippen LogP contribution is 2.39. The predicted octanol–water partition coefficient (Wildman–Crippen LogP) is 10.9. The van der Waals surface area contributed by atoms with Crippen molar-refractivity contribution >= 4 is 11.6 Å². The van der Waals surface area contributed by atoms with Gasteiger partial charge >= 0.3 is 0 Å². The fourth-order valence-corrected chi connectivity index (χ4v) is 5.85. The first-order chi connectivity index (χ1) is 15.7. The Hall–Kier alpha value is -0.690. The summed E-state index contributed by atoms with van der Waals surface area (Å²) in [5.41, 5.74) is 2.66. The van der Waals surface area contributed by atoms with Gasteiger partial charge in [-0.25, -0.2) is 0 Å². The Balaban J connectivity index is 1.49. The molecule has 184 valence electrons. The van der Waals surface area contributed by atoms with E-state index in [1.807, 2.05) is 6.07 Å². The second kappa shape index (κ2) is 17.7. The van der Waals surface area contributed by atoms with Crippen LogP contribution in [0.3, 0.4) is 0 Å². The zero-order valence-corrected chi connectivity index (χ0v) is 21.9. The zero-order valence-electron chi connectivity index (χ0n) is 21.1. The molecule has 0 unspecified atom stereocenters. The van der Waals surface area contributed by atoms with Crippen LogP contribution >= 0.6 is 11.6 Å². The van der Waals surface area contributed by atoms with Crippen LogP contribution in [-0.2, 0) is 6.42 Å². The van der Waals surface area contributed by atoms with Crippen molar-refractivity contribution in [2.24, 2.45) is 0 Å². The second-order valence-electron chi connectivity index (χ2n) is 10.4. The molecule has 0 radical (unpaired) electrons. The number of phenols is 1. The van der Waals surface area contributed by atoms with Crippen LogP contribution in [0, 0.1) is 0 Å². The summed E-state index contributed by atoms with van der Waals surface area (Å²) in [6.45, 7) is 2.29. The van der Waals surface area contributed by atoms with Crippen LogP contribution in [-0.4, -0.2) is 5.11 Å². The summed E-state index contributed by atoms with van der Waals surface area (Å²) in [4.78, 5) is 0. The molecule has 2 heteroatoms. The monoisotopic (exact) mass is 462 g/mol. The van der Waals surface area contributed by atoms with E-state index in [2.05, 4.69) is 6.92 Å². The first-order valence-corrected chi connectivity index (χ1v) is 14.6. The van der Waals surface area contributed by atoms with Gasteiger partial charge in [0.25, 0.3) is 0 Å². The molecular formula is C30H51ClO. The van der Waals surface area contributed by atoms with E-state index in [0.717, 1.165) is 11.4 Å². The van der Waals surface area contributed by atoms with Gasteiger partial charge < -0.3 is 5.11 Å². The first kappa shape index (κ1) is 27.6. The van der Waals surface area contributed by atoms with Gasteiger partial charge in [0, 0.05) is 5.02 Å². The third kappa shape index (κ3) is 11.4. The topological polar surface area (TPSA) is 20.2 Å². The predicted molar refractivity (Wildman–Crippen MR) is 142 cm³/mol. The first-order valence-electron chi connectivity index (χ1n) is 14.2. The van der Waals surface area contributed by atoms with Crippen LogP contribution < -0.4 is 0 Å². The largest absolute Gasteiger partial charge is 0.508 e. The highest BCUT2D eigenvalue weighted by molar-refractivity contribution is 6.31. The SMILES string of the molecule is CCCCCCCCCCCCCCCCCCc1c(Cl)cc(O)cc1C1CCCCC1. The highest BCUT2D eigenvalue weighted by atomic mass is 35.5. The summed E-state index contributed by atoms with van der Waals surface area (Å²) in [7, 11) is 0. The number of benzene rings is 1. The molecule has 32 heavy (non-hydrogen) atoms. The number of hydrogen-bond donors (Lipinski definition) is 1. The molecule has 1 fully saturated rings. The molecule has 0 aliphatic heterocycles. The van der Waals surface area contributed by atoms with Crippen molar-refractivity contribution < 1.29 is 5.11 Å². The maximum atomic E-state index is 10.1. The van der Waals surface area contributed by atoms with Gasteiger partial charge in [-0.2, -0.15) is 0 Å². The molecule has 0 amide bonds. The molecule has 0 spiro atoms. The van der Waals surface area contributed by atoms with Crippen LogP contribution in [0.1, 0.15) is 159 Å². The molecule has 1 aliphatic carbocycles. The molecule has 0 aromatic heterocycles. The van der Waals surface area contributed by atoms with Crippen molar-refractivity contribution in [2.75, 3.05) is 0 Å². The van der Waals surface area contributed by atoms with E-state index in [1.165, 1.54) is 146 Å². The van der Waals surface area contributed by atoms with Crippen LogP contribution in [0.15, 0.2) is 12.1 Å². The van der Waals surface area contributed by atoms with Gasteiger partial charge in [-0.1, -0.05) is 134 Å². The minimum atomic E-state index is 0.339. The average Bonchev–Trinajstić information content (AvgIpc) is 2.80. The van der Waals surface area contributed by atoms with Gasteiger partial charge in [0.05, 0.1) is 0 Å². The lowest BCUT2D eigenvalue weighted by Crippen LogP contribution is -2.08. The molecule has 1 nitrogen and oxygen atoms in total. The summed E-state index contributed by atoms with van der Waals surface area (Å²) in [5, 5.41) is 10.9. The van der Waals surface area contributed by atoms with E-state index in [4.69, 9.17) is 11.6 Å². The molecule has 1 aromatic rings. The molecule has 1 aromatic carbocycles. The Morgan fingerprint density at radius 2 is 1.16 bits per heavy atom. The molecule has 0 heterocycles. The average molecular weight is 463 g/mol. The van der Waals surface area contributed by atoms with E-state index in [1.54, 1.807) is 6.07 Å². The van der Waals surface area contributed by atoms with Crippen molar-refractivity contribution in [1.29, 1.82) is 0 Å². The van der Waals surface area contributed by atoms with E-state index in [-0.39, 0.29) is 0 Å². The highest BCUT2D eigenvalue weighted by Gasteiger charge is 2.20. The van der Waals surface area contributed by atoms with E-state index >= 15 is 0 Å². The quantitative estimate of drug-likeness (QED) is 0.215. The van der Waals surface area contributed by atoms with Crippen molar-refractivity contribution in [3.05, 3.63) is 28.3 Å². The Morgan fingerprint density at radius 1 is 0.688 bits per heavy atom. The number of halogens is 1. The second-order valence-corrected chi connectivity index (χ2v) is 10.8. The number of hydrogen-bond acceptors (Lipinski definition) is 1. The molecule has 2 rings (SSSR count). The van der Waals surface area contributed by atoms with Crippen LogP contribution in [0.25, 0.3) is 0 Å². The summed E-state index contributed by atoms with van der Waals surface area (Å²) < 4.78 is 0. The molecule has 0 atom stereocenters. The van der Waals surface area contributed by atoms with E-state index in [9.17, 15) is 5.11 Å². The summed E-state index contributed by atoms with van der Waals surface area (Å²) >= 11 is 6.56. The van der Waals surface area contributed by atoms with Gasteiger partial charge in [0.2, 0.25) is 0 Å². The van der Waals surface area contributed by atoms with Gasteiger partial charge in [-0.05, 0) is 54.9 Å². The van der Waals surface area contributed by atoms with Crippen molar-refractivity contribution in [2.45, 2.75) is 154 Å². The van der Waals surface area contributed by atoms with Crippen molar-refractivity contribution in [3.63, 3.8) is 0 Å². The van der Waals surface area contributed by atoms with Gasteiger partial charge in [-0.15, -0.1) is 0 Å². The normalized spacial score (nSPS) is 14.8. The van der Waals surface area contributed by atoms with Crippen LogP contribution in [0.5, 0.6) is 5.75 Å². The summed E-state index contributed by atoms with van der Waals surface area (Å²) in [5.74, 6) is 0.940. The van der Waals surface area contributed by atoms with Crippen molar-refractivity contribution in [3.8, 4) is 5.75 Å². The zero-order chi connectivity index (χ0) is 22.9. The Labute approximate surface area is 204 Å². The fraction of sp³-hybridized carbons (Fsp3) is 0.800. The standard InChI is InChI=1S/C30H51ClO/c1-2-3-4-5-6-7-8-9-10-11-12-13-14-15-16-20-23-28-29(24-27(32)25-30(28)31)26-21-18-17-19-22-26/h24-26,32H,2-23H2,1H3. The Kier molecular flexibility index (Phi) is 15.3. The van der Waals surface area contributed by atoms with Crippen LogP contribution in [0.2, 0.25) is 5.02 Å². The van der Waals surface area contributed by atoms with E-state index < -0.39 is 0 Å². The number of rotatable bonds is 18. The number of phenolic OH excluding ortho intramolecular Hbond substituents is 1. The minimum absolute atomic E-state index is 0.339. The summed E-state index contributed by atoms with van der Waals surface area (Å²) in [6, 6.07) is 3.75. The van der Waals surface area contributed by atoms with Gasteiger partial charge in [0.1, 0.15) is 5.75 Å². The molecule has 1 saturated carbocycles. The van der Waals surface area contributed by atoms with E-state index in [0.29, 0.717) is 11.7 Å². The minimum Gasteiger partial charge on any atom is -0.508 e. The van der Waals surface area contributed by atoms with Gasteiger partial charge in [-0.3, -0.25) is 0 Å². The maximum absolute atomic E-state index is 10.1. The number of aromatic hydroxyl groups is 1. The number of unbranched alkanes of at least 4 members (excludes halogenated alkanes) is 15. The lowest BCUT2D eigenvalue weighted by atomic mass is 9.81. The molecule has 0 saturated heterocycles. The summed E-state index contributed by atoms with van der Waals surface area (Å²) in [6.07, 6.45) is 30.0. The Bertz CT molecular complexity index is 591. The molecule has 0 bridgehead atoms. The lowest BCUT2D eigenvalue weighted by Gasteiger charge is -2.25.